The molecule has 38 heavy (non-hydrogen) atoms. The third kappa shape index (κ3) is 8.11. The van der Waals surface area contributed by atoms with E-state index in [0.29, 0.717) is 23.6 Å². The quantitative estimate of drug-likeness (QED) is 0.411. The first kappa shape index (κ1) is 29.3. The van der Waals surface area contributed by atoms with Crippen molar-refractivity contribution in [2.24, 2.45) is 0 Å². The molecule has 1 N–H and O–H groups in total. The summed E-state index contributed by atoms with van der Waals surface area (Å²) in [6.07, 6.45) is 5.62. The fourth-order valence-corrected chi connectivity index (χ4v) is 5.66. The smallest absolute Gasteiger partial charge is 0.242 e. The number of anilines is 1. The van der Waals surface area contributed by atoms with E-state index in [1.807, 2.05) is 24.3 Å². The van der Waals surface area contributed by atoms with E-state index < -0.39 is 16.1 Å². The number of benzene rings is 2. The van der Waals surface area contributed by atoms with Gasteiger partial charge in [-0.05, 0) is 68.1 Å². The maximum Gasteiger partial charge on any atom is 0.242 e. The lowest BCUT2D eigenvalue weighted by Gasteiger charge is -2.30. The summed E-state index contributed by atoms with van der Waals surface area (Å²) in [6.45, 7) is 2.11. The highest BCUT2D eigenvalue weighted by Gasteiger charge is 2.29. The summed E-state index contributed by atoms with van der Waals surface area (Å²) in [5.41, 5.74) is 1.34. The van der Waals surface area contributed by atoms with Gasteiger partial charge in [-0.3, -0.25) is 13.9 Å². The zero-order valence-corrected chi connectivity index (χ0v) is 23.5. The van der Waals surface area contributed by atoms with E-state index in [0.717, 1.165) is 37.5 Å². The van der Waals surface area contributed by atoms with Crippen molar-refractivity contribution in [2.75, 3.05) is 31.3 Å². The molecular formula is C28H39N3O6S. The number of sulfonamides is 1. The lowest BCUT2D eigenvalue weighted by Crippen LogP contribution is -2.49. The van der Waals surface area contributed by atoms with Crippen molar-refractivity contribution in [3.05, 3.63) is 54.1 Å². The lowest BCUT2D eigenvalue weighted by molar-refractivity contribution is -0.141. The lowest BCUT2D eigenvalue weighted by atomic mass is 10.1. The summed E-state index contributed by atoms with van der Waals surface area (Å²) >= 11 is 0. The van der Waals surface area contributed by atoms with Gasteiger partial charge in [0, 0.05) is 25.6 Å². The van der Waals surface area contributed by atoms with Gasteiger partial charge in [0.15, 0.2) is 0 Å². The molecule has 0 unspecified atom stereocenters. The minimum atomic E-state index is -3.57. The van der Waals surface area contributed by atoms with E-state index in [4.69, 9.17) is 9.47 Å². The molecule has 1 saturated carbocycles. The summed E-state index contributed by atoms with van der Waals surface area (Å²) in [7, 11) is -0.443. The van der Waals surface area contributed by atoms with Gasteiger partial charge in [-0.2, -0.15) is 0 Å². The van der Waals surface area contributed by atoms with E-state index >= 15 is 0 Å². The molecule has 0 radical (unpaired) electrons. The van der Waals surface area contributed by atoms with E-state index in [-0.39, 0.29) is 37.4 Å². The normalized spacial score (nSPS) is 14.5. The topological polar surface area (TPSA) is 105 Å². The number of amides is 2. The molecule has 2 aromatic rings. The Balaban J connectivity index is 1.72. The van der Waals surface area contributed by atoms with Gasteiger partial charge < -0.3 is 19.7 Å². The molecular weight excluding hydrogens is 506 g/mol. The number of ether oxygens (including phenoxy) is 2. The summed E-state index contributed by atoms with van der Waals surface area (Å²) < 4.78 is 36.8. The molecule has 0 heterocycles. The molecule has 0 bridgehead atoms. The molecule has 0 aliphatic heterocycles. The van der Waals surface area contributed by atoms with Crippen LogP contribution in [0.25, 0.3) is 0 Å². The molecule has 0 aromatic heterocycles. The van der Waals surface area contributed by atoms with Crippen molar-refractivity contribution < 1.29 is 27.5 Å². The van der Waals surface area contributed by atoms with Gasteiger partial charge in [-0.1, -0.05) is 25.0 Å². The first-order chi connectivity index (χ1) is 18.1. The number of hydrogen-bond acceptors (Lipinski definition) is 6. The molecule has 2 aromatic carbocycles. The highest BCUT2D eigenvalue weighted by atomic mass is 32.2. The van der Waals surface area contributed by atoms with Crippen LogP contribution in [0.2, 0.25) is 0 Å². The number of carbonyl (C=O) groups excluding carboxylic acids is 2. The Morgan fingerprint density at radius 3 is 2.29 bits per heavy atom. The van der Waals surface area contributed by atoms with Crippen molar-refractivity contribution in [1.29, 1.82) is 0 Å². The van der Waals surface area contributed by atoms with Gasteiger partial charge in [0.2, 0.25) is 21.8 Å². The molecule has 3 rings (SSSR count). The second kappa shape index (κ2) is 13.5. The number of methoxy groups -OCH3 is 2. The summed E-state index contributed by atoms with van der Waals surface area (Å²) in [6, 6.07) is 13.6. The first-order valence-corrected chi connectivity index (χ1v) is 14.8. The highest BCUT2D eigenvalue weighted by molar-refractivity contribution is 7.92. The fourth-order valence-electron chi connectivity index (χ4n) is 4.69. The van der Waals surface area contributed by atoms with Gasteiger partial charge in [-0.15, -0.1) is 0 Å². The van der Waals surface area contributed by atoms with Crippen molar-refractivity contribution in [2.45, 2.75) is 64.1 Å². The average Bonchev–Trinajstić information content (AvgIpc) is 3.41. The van der Waals surface area contributed by atoms with E-state index in [1.165, 1.54) is 4.31 Å². The summed E-state index contributed by atoms with van der Waals surface area (Å²) in [5, 5.41) is 3.09. The standard InChI is InChI=1S/C28H39N3O6S/c1-21(28(33)29-23-10-5-6-11-23)30(20-22-9-7-12-26(19-22)37-3)27(32)13-8-18-31(38(4,34)35)24-14-16-25(36-2)17-15-24/h7,9,12,14-17,19,21,23H,5-6,8,10-11,13,18,20H2,1-4H3,(H,29,33)/t21-/m0/s1. The Morgan fingerprint density at radius 2 is 1.68 bits per heavy atom. The van der Waals surface area contributed by atoms with Crippen molar-refractivity contribution in [3.8, 4) is 11.5 Å². The Labute approximate surface area is 226 Å². The predicted octanol–water partition coefficient (Wildman–Crippen LogP) is 3.73. The zero-order chi connectivity index (χ0) is 27.7. The molecule has 0 saturated heterocycles. The van der Waals surface area contributed by atoms with Gasteiger partial charge in [-0.25, -0.2) is 8.42 Å². The van der Waals surface area contributed by atoms with Crippen molar-refractivity contribution in [1.82, 2.24) is 10.2 Å². The summed E-state index contributed by atoms with van der Waals surface area (Å²) in [5.74, 6) is 0.894. The van der Waals surface area contributed by atoms with Crippen molar-refractivity contribution >= 4 is 27.5 Å². The Kier molecular flexibility index (Phi) is 10.4. The van der Waals surface area contributed by atoms with Crippen LogP contribution < -0.4 is 19.1 Å². The maximum absolute atomic E-state index is 13.5. The van der Waals surface area contributed by atoms with Crippen LogP contribution in [-0.2, 0) is 26.2 Å². The van der Waals surface area contributed by atoms with Crippen molar-refractivity contribution in [3.63, 3.8) is 0 Å². The number of hydrogen-bond donors (Lipinski definition) is 1. The minimum absolute atomic E-state index is 0.0905. The zero-order valence-electron chi connectivity index (χ0n) is 22.7. The van der Waals surface area contributed by atoms with Gasteiger partial charge in [0.05, 0.1) is 26.2 Å². The molecule has 9 nitrogen and oxygen atoms in total. The third-order valence-corrected chi connectivity index (χ3v) is 8.06. The number of nitrogens with one attached hydrogen (secondary N) is 1. The largest absolute Gasteiger partial charge is 0.497 e. The molecule has 1 aliphatic rings. The molecule has 2 amide bonds. The SMILES string of the molecule is COc1ccc(N(CCCC(=O)N(Cc2cccc(OC)c2)[C@@H](C)C(=O)NC2CCCC2)S(C)(=O)=O)cc1. The molecule has 1 aliphatic carbocycles. The van der Waals surface area contributed by atoms with Crippen LogP contribution in [0.15, 0.2) is 48.5 Å². The van der Waals surface area contributed by atoms with E-state index in [2.05, 4.69) is 5.32 Å². The van der Waals surface area contributed by atoms with Crippen LogP contribution in [0.3, 0.4) is 0 Å². The average molecular weight is 546 g/mol. The maximum atomic E-state index is 13.5. The first-order valence-electron chi connectivity index (χ1n) is 13.0. The van der Waals surface area contributed by atoms with Gasteiger partial charge >= 0.3 is 0 Å². The monoisotopic (exact) mass is 545 g/mol. The number of nitrogens with zero attached hydrogens (tertiary/aromatic N) is 2. The second-order valence-corrected chi connectivity index (χ2v) is 11.6. The van der Waals surface area contributed by atoms with Gasteiger partial charge in [0.1, 0.15) is 17.5 Å². The molecule has 1 fully saturated rings. The fraction of sp³-hybridized carbons (Fsp3) is 0.500. The predicted molar refractivity (Wildman–Crippen MR) is 148 cm³/mol. The highest BCUT2D eigenvalue weighted by Crippen LogP contribution is 2.23. The Morgan fingerprint density at radius 1 is 1.03 bits per heavy atom. The van der Waals surface area contributed by atoms with Crippen LogP contribution in [0, 0.1) is 0 Å². The molecule has 0 spiro atoms. The van der Waals surface area contributed by atoms with E-state index in [9.17, 15) is 18.0 Å². The number of carbonyl (C=O) groups is 2. The minimum Gasteiger partial charge on any atom is -0.497 e. The van der Waals surface area contributed by atoms with Gasteiger partial charge in [0.25, 0.3) is 0 Å². The molecule has 10 heteroatoms. The molecule has 208 valence electrons. The molecule has 1 atom stereocenters. The Bertz CT molecular complexity index is 1180. The summed E-state index contributed by atoms with van der Waals surface area (Å²) in [4.78, 5) is 28.1. The second-order valence-electron chi connectivity index (χ2n) is 9.68. The number of rotatable bonds is 13. The van der Waals surface area contributed by atoms with E-state index in [1.54, 1.807) is 50.3 Å². The third-order valence-electron chi connectivity index (χ3n) is 6.87. The van der Waals surface area contributed by atoms with Crippen LogP contribution in [0.5, 0.6) is 11.5 Å². The van der Waals surface area contributed by atoms with Crippen LogP contribution in [-0.4, -0.2) is 64.2 Å². The van der Waals surface area contributed by atoms with Crippen LogP contribution in [0.1, 0.15) is 51.0 Å². The van der Waals surface area contributed by atoms with Crippen LogP contribution >= 0.6 is 0 Å². The Hall–Kier alpha value is -3.27. The van der Waals surface area contributed by atoms with Crippen LogP contribution in [0.4, 0.5) is 5.69 Å².